The number of aromatic hydroxyl groups is 1. The van der Waals surface area contributed by atoms with Gasteiger partial charge in [-0.25, -0.2) is 0 Å². The fraction of sp³-hybridized carbons (Fsp3) is 0.100. The number of benzene rings is 2. The molecular formula is C20H17N3O2S. The maximum absolute atomic E-state index is 9.53. The number of phenols is 1. The standard InChI is InChI=1S/C20H17N3O2S/c24-17-10-8-16(9-11-17)19-21-22-20(23(19)13-18-7-4-12-25-18)26-14-15-5-2-1-3-6-15/h1-12,24H,13-14H2. The molecule has 2 aromatic heterocycles. The van der Waals surface area contributed by atoms with Crippen LogP contribution in [0.3, 0.4) is 0 Å². The SMILES string of the molecule is Oc1ccc(-c2nnc(SCc3ccccc3)n2Cc2ccco2)cc1. The Morgan fingerprint density at radius 2 is 1.73 bits per heavy atom. The van der Waals surface area contributed by atoms with Gasteiger partial charge in [0, 0.05) is 11.3 Å². The molecule has 26 heavy (non-hydrogen) atoms. The number of aromatic nitrogens is 3. The molecule has 4 rings (SSSR count). The molecule has 4 aromatic rings. The van der Waals surface area contributed by atoms with Gasteiger partial charge in [-0.3, -0.25) is 4.57 Å². The zero-order chi connectivity index (χ0) is 17.8. The van der Waals surface area contributed by atoms with Gasteiger partial charge in [0.15, 0.2) is 11.0 Å². The molecule has 0 saturated heterocycles. The monoisotopic (exact) mass is 363 g/mol. The lowest BCUT2D eigenvalue weighted by Crippen LogP contribution is -2.03. The minimum Gasteiger partial charge on any atom is -0.508 e. The maximum Gasteiger partial charge on any atom is 0.192 e. The quantitative estimate of drug-likeness (QED) is 0.508. The van der Waals surface area contributed by atoms with Crippen LogP contribution in [0.2, 0.25) is 0 Å². The second kappa shape index (κ2) is 7.49. The van der Waals surface area contributed by atoms with Gasteiger partial charge in [0.1, 0.15) is 11.5 Å². The summed E-state index contributed by atoms with van der Waals surface area (Å²) in [6, 6.07) is 21.1. The molecule has 0 spiro atoms. The van der Waals surface area contributed by atoms with Crippen molar-refractivity contribution in [1.82, 2.24) is 14.8 Å². The van der Waals surface area contributed by atoms with Gasteiger partial charge in [-0.05, 0) is 42.0 Å². The Morgan fingerprint density at radius 1 is 0.923 bits per heavy atom. The Labute approximate surface area is 155 Å². The highest BCUT2D eigenvalue weighted by molar-refractivity contribution is 7.98. The van der Waals surface area contributed by atoms with E-state index in [4.69, 9.17) is 4.42 Å². The van der Waals surface area contributed by atoms with Crippen molar-refractivity contribution in [1.29, 1.82) is 0 Å². The summed E-state index contributed by atoms with van der Waals surface area (Å²) in [6.07, 6.45) is 1.66. The van der Waals surface area contributed by atoms with Crippen molar-refractivity contribution in [2.24, 2.45) is 0 Å². The van der Waals surface area contributed by atoms with Crippen LogP contribution in [-0.4, -0.2) is 19.9 Å². The molecule has 5 nitrogen and oxygen atoms in total. The number of thioether (sulfide) groups is 1. The summed E-state index contributed by atoms with van der Waals surface area (Å²) in [5, 5.41) is 19.1. The average molecular weight is 363 g/mol. The van der Waals surface area contributed by atoms with E-state index >= 15 is 0 Å². The fourth-order valence-corrected chi connectivity index (χ4v) is 3.54. The number of hydrogen-bond donors (Lipinski definition) is 1. The van der Waals surface area contributed by atoms with E-state index in [9.17, 15) is 5.11 Å². The van der Waals surface area contributed by atoms with Gasteiger partial charge in [-0.2, -0.15) is 0 Å². The third-order valence-corrected chi connectivity index (χ3v) is 4.99. The van der Waals surface area contributed by atoms with E-state index in [2.05, 4.69) is 22.3 Å². The van der Waals surface area contributed by atoms with Gasteiger partial charge < -0.3 is 9.52 Å². The summed E-state index contributed by atoms with van der Waals surface area (Å²) in [6.45, 7) is 0.549. The van der Waals surface area contributed by atoms with Crippen LogP contribution in [0, 0.1) is 0 Å². The first-order valence-electron chi connectivity index (χ1n) is 8.21. The highest BCUT2D eigenvalue weighted by Crippen LogP contribution is 2.28. The highest BCUT2D eigenvalue weighted by atomic mass is 32.2. The van der Waals surface area contributed by atoms with Crippen molar-refractivity contribution in [3.8, 4) is 17.1 Å². The predicted octanol–water partition coefficient (Wildman–Crippen LogP) is 4.58. The summed E-state index contributed by atoms with van der Waals surface area (Å²) in [4.78, 5) is 0. The van der Waals surface area contributed by atoms with Gasteiger partial charge in [-0.1, -0.05) is 42.1 Å². The molecule has 0 saturated carbocycles. The highest BCUT2D eigenvalue weighted by Gasteiger charge is 2.16. The summed E-state index contributed by atoms with van der Waals surface area (Å²) in [5.41, 5.74) is 2.13. The van der Waals surface area contributed by atoms with Crippen LogP contribution in [0.4, 0.5) is 0 Å². The zero-order valence-electron chi connectivity index (χ0n) is 13.9. The van der Waals surface area contributed by atoms with Crippen molar-refractivity contribution in [3.05, 3.63) is 84.3 Å². The van der Waals surface area contributed by atoms with Crippen molar-refractivity contribution in [2.45, 2.75) is 17.5 Å². The maximum atomic E-state index is 9.53. The predicted molar refractivity (Wildman–Crippen MR) is 101 cm³/mol. The third kappa shape index (κ3) is 3.65. The minimum absolute atomic E-state index is 0.226. The molecule has 0 unspecified atom stereocenters. The van der Waals surface area contributed by atoms with Gasteiger partial charge in [0.05, 0.1) is 12.8 Å². The number of nitrogens with zero attached hydrogens (tertiary/aromatic N) is 3. The molecule has 0 fully saturated rings. The van der Waals surface area contributed by atoms with E-state index in [1.54, 1.807) is 30.2 Å². The van der Waals surface area contributed by atoms with Crippen molar-refractivity contribution in [3.63, 3.8) is 0 Å². The molecule has 0 radical (unpaired) electrons. The lowest BCUT2D eigenvalue weighted by atomic mass is 10.2. The number of hydrogen-bond acceptors (Lipinski definition) is 5. The van der Waals surface area contributed by atoms with Crippen molar-refractivity contribution >= 4 is 11.8 Å². The summed E-state index contributed by atoms with van der Waals surface area (Å²) < 4.78 is 7.55. The molecule has 2 aromatic carbocycles. The van der Waals surface area contributed by atoms with E-state index < -0.39 is 0 Å². The van der Waals surface area contributed by atoms with E-state index in [1.807, 2.05) is 47.0 Å². The fourth-order valence-electron chi connectivity index (χ4n) is 2.64. The summed E-state index contributed by atoms with van der Waals surface area (Å²) >= 11 is 1.64. The van der Waals surface area contributed by atoms with Crippen molar-refractivity contribution < 1.29 is 9.52 Å². The van der Waals surface area contributed by atoms with Gasteiger partial charge in [-0.15, -0.1) is 10.2 Å². The molecule has 0 amide bonds. The molecule has 0 atom stereocenters. The average Bonchev–Trinajstić information content (AvgIpc) is 3.32. The Kier molecular flexibility index (Phi) is 4.75. The van der Waals surface area contributed by atoms with Gasteiger partial charge in [0.25, 0.3) is 0 Å². The normalized spacial score (nSPS) is 10.9. The Hall–Kier alpha value is -2.99. The lowest BCUT2D eigenvalue weighted by molar-refractivity contribution is 0.475. The van der Waals surface area contributed by atoms with Crippen molar-refractivity contribution in [2.75, 3.05) is 0 Å². The van der Waals surface area contributed by atoms with Crippen LogP contribution in [0.15, 0.2) is 82.6 Å². The minimum atomic E-state index is 0.226. The summed E-state index contributed by atoms with van der Waals surface area (Å²) in [7, 11) is 0. The number of rotatable bonds is 6. The third-order valence-electron chi connectivity index (χ3n) is 3.95. The molecular weight excluding hydrogens is 346 g/mol. The molecule has 6 heteroatoms. The largest absolute Gasteiger partial charge is 0.508 e. The number of furan rings is 1. The Balaban J connectivity index is 1.65. The first-order valence-corrected chi connectivity index (χ1v) is 9.20. The van der Waals surface area contributed by atoms with E-state index in [-0.39, 0.29) is 5.75 Å². The molecule has 0 aliphatic rings. The summed E-state index contributed by atoms with van der Waals surface area (Å²) in [5.74, 6) is 2.63. The van der Waals surface area contributed by atoms with Crippen LogP contribution < -0.4 is 0 Å². The van der Waals surface area contributed by atoms with Crippen LogP contribution in [0.25, 0.3) is 11.4 Å². The molecule has 1 N–H and O–H groups in total. The first kappa shape index (κ1) is 16.5. The van der Waals surface area contributed by atoms with Crippen LogP contribution in [-0.2, 0) is 12.3 Å². The smallest absolute Gasteiger partial charge is 0.192 e. The molecule has 0 aliphatic heterocycles. The van der Waals surface area contributed by atoms with Gasteiger partial charge in [0.2, 0.25) is 0 Å². The second-order valence-electron chi connectivity index (χ2n) is 5.79. The first-order chi connectivity index (χ1) is 12.8. The topological polar surface area (TPSA) is 64.1 Å². The zero-order valence-corrected chi connectivity index (χ0v) is 14.8. The Morgan fingerprint density at radius 3 is 2.46 bits per heavy atom. The Bertz CT molecular complexity index is 964. The lowest BCUT2D eigenvalue weighted by Gasteiger charge is -2.09. The van der Waals surface area contributed by atoms with Gasteiger partial charge >= 0.3 is 0 Å². The molecule has 2 heterocycles. The van der Waals surface area contributed by atoms with Crippen LogP contribution in [0.5, 0.6) is 5.75 Å². The van der Waals surface area contributed by atoms with E-state index in [0.717, 1.165) is 28.1 Å². The molecule has 0 bridgehead atoms. The van der Waals surface area contributed by atoms with E-state index in [1.165, 1.54) is 5.56 Å². The second-order valence-corrected chi connectivity index (χ2v) is 6.74. The van der Waals surface area contributed by atoms with Crippen LogP contribution >= 0.6 is 11.8 Å². The number of phenolic OH excluding ortho intramolecular Hbond substituents is 1. The van der Waals surface area contributed by atoms with Crippen LogP contribution in [0.1, 0.15) is 11.3 Å². The molecule has 130 valence electrons. The van der Waals surface area contributed by atoms with E-state index in [0.29, 0.717) is 6.54 Å². The molecule has 0 aliphatic carbocycles.